The van der Waals surface area contributed by atoms with Gasteiger partial charge in [-0.3, -0.25) is 14.5 Å². The Labute approximate surface area is 233 Å². The van der Waals surface area contributed by atoms with Gasteiger partial charge in [0.2, 0.25) is 0 Å². The largest absolute Gasteiger partial charge is 0.507 e. The number of Topliss-reactive ketones (excluding diaryl/α,β-unsaturated/α-hetero) is 1. The first-order chi connectivity index (χ1) is 19.1. The zero-order valence-corrected chi connectivity index (χ0v) is 23.4. The van der Waals surface area contributed by atoms with Crippen molar-refractivity contribution in [2.75, 3.05) is 29.5 Å². The number of ether oxygens (including phenoxy) is 1. The number of carbonyl (C=O) groups excluding carboxylic acids is 2. The van der Waals surface area contributed by atoms with E-state index in [-0.39, 0.29) is 17.0 Å². The maximum atomic E-state index is 15.0. The highest BCUT2D eigenvalue weighted by Crippen LogP contribution is 2.43. The highest BCUT2D eigenvalue weighted by molar-refractivity contribution is 6.51. The molecule has 1 aliphatic heterocycles. The number of nitrogens with zero attached hydrogens (tertiary/aromatic N) is 2. The number of aliphatic hydroxyl groups excluding tert-OH is 1. The number of hydrogen-bond acceptors (Lipinski definition) is 5. The topological polar surface area (TPSA) is 70.1 Å². The molecule has 0 saturated carbocycles. The zero-order chi connectivity index (χ0) is 29.1. The van der Waals surface area contributed by atoms with Gasteiger partial charge in [-0.15, -0.1) is 0 Å². The Morgan fingerprint density at radius 1 is 1.00 bits per heavy atom. The molecule has 1 fully saturated rings. The van der Waals surface area contributed by atoms with E-state index in [1.165, 1.54) is 0 Å². The number of anilines is 2. The number of benzene rings is 3. The average Bonchev–Trinajstić information content (AvgIpc) is 3.18. The fourth-order valence-corrected chi connectivity index (χ4v) is 4.90. The predicted molar refractivity (Wildman–Crippen MR) is 153 cm³/mol. The van der Waals surface area contributed by atoms with Crippen LogP contribution in [0.25, 0.3) is 5.76 Å². The summed E-state index contributed by atoms with van der Waals surface area (Å²) in [6.07, 6.45) is 0. The third kappa shape index (κ3) is 5.57. The molecule has 1 atom stereocenters. The first-order valence-corrected chi connectivity index (χ1v) is 13.4. The first kappa shape index (κ1) is 28.8. The lowest BCUT2D eigenvalue weighted by Gasteiger charge is -2.27. The lowest BCUT2D eigenvalue weighted by Crippen LogP contribution is -2.30. The van der Waals surface area contributed by atoms with Crippen LogP contribution < -0.4 is 14.5 Å². The third-order valence-corrected chi connectivity index (χ3v) is 6.97. The van der Waals surface area contributed by atoms with Crippen molar-refractivity contribution in [3.8, 4) is 5.75 Å². The van der Waals surface area contributed by atoms with Crippen LogP contribution in [-0.4, -0.2) is 36.5 Å². The van der Waals surface area contributed by atoms with E-state index in [1.54, 1.807) is 30.3 Å². The number of aryl methyl sites for hydroxylation is 1. The summed E-state index contributed by atoms with van der Waals surface area (Å²) in [5.41, 5.74) is 2.05. The predicted octanol–water partition coefficient (Wildman–Crippen LogP) is 6.78. The molecule has 0 radical (unpaired) electrons. The van der Waals surface area contributed by atoms with Crippen molar-refractivity contribution in [2.45, 2.75) is 40.7 Å². The summed E-state index contributed by atoms with van der Waals surface area (Å²) in [7, 11) is 0. The van der Waals surface area contributed by atoms with Gasteiger partial charge in [-0.2, -0.15) is 0 Å². The average molecular weight is 549 g/mol. The summed E-state index contributed by atoms with van der Waals surface area (Å²) in [5, 5.41) is 11.4. The summed E-state index contributed by atoms with van der Waals surface area (Å²) in [4.78, 5) is 29.9. The van der Waals surface area contributed by atoms with Crippen LogP contribution >= 0.6 is 0 Å². The second-order valence-corrected chi connectivity index (χ2v) is 10.2. The van der Waals surface area contributed by atoms with E-state index in [2.05, 4.69) is 4.90 Å². The number of halogens is 2. The summed E-state index contributed by atoms with van der Waals surface area (Å²) in [6, 6.07) is 13.9. The van der Waals surface area contributed by atoms with Gasteiger partial charge in [0.25, 0.3) is 11.7 Å². The quantitative estimate of drug-likeness (QED) is 0.181. The lowest BCUT2D eigenvalue weighted by atomic mass is 9.94. The molecule has 4 rings (SSSR count). The van der Waals surface area contributed by atoms with Crippen LogP contribution in [0.1, 0.15) is 50.4 Å². The first-order valence-electron chi connectivity index (χ1n) is 13.4. The highest BCUT2D eigenvalue weighted by Gasteiger charge is 2.47. The van der Waals surface area contributed by atoms with Gasteiger partial charge >= 0.3 is 0 Å². The van der Waals surface area contributed by atoms with Gasteiger partial charge < -0.3 is 14.7 Å². The summed E-state index contributed by atoms with van der Waals surface area (Å²) < 4.78 is 34.6. The van der Waals surface area contributed by atoms with Gasteiger partial charge in [0.15, 0.2) is 0 Å². The van der Waals surface area contributed by atoms with Crippen LogP contribution in [0.2, 0.25) is 0 Å². The summed E-state index contributed by atoms with van der Waals surface area (Å²) in [6.45, 7) is 12.0. The highest BCUT2D eigenvalue weighted by atomic mass is 19.1. The molecule has 3 aromatic carbocycles. The Morgan fingerprint density at radius 3 is 2.25 bits per heavy atom. The fraction of sp³-hybridized carbons (Fsp3) is 0.312. The Balaban J connectivity index is 1.87. The molecule has 1 saturated heterocycles. The molecule has 1 unspecified atom stereocenters. The van der Waals surface area contributed by atoms with Gasteiger partial charge in [-0.1, -0.05) is 26.0 Å². The molecule has 8 heteroatoms. The SMILES string of the molecule is CCN(CC)c1ccc(C2/C(=C(\O)c3ccc(OCC(C)C)c(C)c3)C(=O)C(=O)N2c2ccc(F)cc2F)cc1. The monoisotopic (exact) mass is 548 g/mol. The van der Waals surface area contributed by atoms with Crippen molar-refractivity contribution < 1.29 is 28.2 Å². The van der Waals surface area contributed by atoms with E-state index in [9.17, 15) is 23.5 Å². The molecule has 0 aliphatic carbocycles. The Bertz CT molecular complexity index is 1450. The minimum atomic E-state index is -1.14. The van der Waals surface area contributed by atoms with Crippen LogP contribution in [0.3, 0.4) is 0 Å². The number of hydrogen-bond donors (Lipinski definition) is 1. The van der Waals surface area contributed by atoms with E-state index in [0.29, 0.717) is 35.5 Å². The molecule has 0 spiro atoms. The summed E-state index contributed by atoms with van der Waals surface area (Å²) in [5.74, 6) is -3.21. The third-order valence-electron chi connectivity index (χ3n) is 6.97. The Kier molecular flexibility index (Phi) is 8.57. The van der Waals surface area contributed by atoms with Crippen LogP contribution in [0.4, 0.5) is 20.2 Å². The van der Waals surface area contributed by atoms with Gasteiger partial charge in [0.1, 0.15) is 23.1 Å². The van der Waals surface area contributed by atoms with Crippen LogP contribution in [0.15, 0.2) is 66.2 Å². The van der Waals surface area contributed by atoms with Gasteiger partial charge in [0, 0.05) is 30.4 Å². The molecule has 1 heterocycles. The van der Waals surface area contributed by atoms with E-state index < -0.39 is 29.4 Å². The van der Waals surface area contributed by atoms with Crippen LogP contribution in [0, 0.1) is 24.5 Å². The van der Waals surface area contributed by atoms with Crippen molar-refractivity contribution in [1.29, 1.82) is 0 Å². The summed E-state index contributed by atoms with van der Waals surface area (Å²) >= 11 is 0. The van der Waals surface area contributed by atoms with Crippen molar-refractivity contribution >= 4 is 28.8 Å². The maximum Gasteiger partial charge on any atom is 0.300 e. The fourth-order valence-electron chi connectivity index (χ4n) is 4.90. The van der Waals surface area contributed by atoms with E-state index in [4.69, 9.17) is 4.74 Å². The second-order valence-electron chi connectivity index (χ2n) is 10.2. The minimum Gasteiger partial charge on any atom is -0.507 e. The molecule has 0 aromatic heterocycles. The molecular formula is C32H34F2N2O4. The lowest BCUT2D eigenvalue weighted by molar-refractivity contribution is -0.132. The molecule has 1 amide bonds. The smallest absolute Gasteiger partial charge is 0.300 e. The van der Waals surface area contributed by atoms with E-state index in [0.717, 1.165) is 41.4 Å². The molecule has 1 N–H and O–H groups in total. The molecular weight excluding hydrogens is 514 g/mol. The van der Waals surface area contributed by atoms with Crippen molar-refractivity contribution in [2.24, 2.45) is 5.92 Å². The standard InChI is InChI=1S/C32H34F2N2O4/c1-6-35(7-2)24-12-8-21(9-13-24)29-28(30(37)22-10-15-27(20(5)16-22)40-18-19(3)4)31(38)32(39)36(29)26-14-11-23(33)17-25(26)34/h8-17,19,29,37H,6-7,18H2,1-5H3/b30-28+. The van der Waals surface area contributed by atoms with E-state index in [1.807, 2.05) is 46.8 Å². The zero-order valence-electron chi connectivity index (χ0n) is 23.4. The van der Waals surface area contributed by atoms with Crippen molar-refractivity contribution in [3.63, 3.8) is 0 Å². The molecule has 210 valence electrons. The number of aliphatic hydroxyl groups is 1. The Morgan fingerprint density at radius 2 is 1.68 bits per heavy atom. The Hall–Kier alpha value is -4.20. The number of ketones is 1. The molecule has 3 aromatic rings. The van der Waals surface area contributed by atoms with Gasteiger partial charge in [-0.05, 0) is 80.3 Å². The van der Waals surface area contributed by atoms with E-state index >= 15 is 0 Å². The normalized spacial score (nSPS) is 16.6. The molecule has 0 bridgehead atoms. The van der Waals surface area contributed by atoms with Gasteiger partial charge in [0.05, 0.1) is 23.9 Å². The maximum absolute atomic E-state index is 15.0. The number of carbonyl (C=O) groups is 2. The van der Waals surface area contributed by atoms with Crippen LogP contribution in [0.5, 0.6) is 5.75 Å². The van der Waals surface area contributed by atoms with Crippen molar-refractivity contribution in [1.82, 2.24) is 0 Å². The van der Waals surface area contributed by atoms with Crippen molar-refractivity contribution in [3.05, 3.63) is 94.6 Å². The van der Waals surface area contributed by atoms with Gasteiger partial charge in [-0.25, -0.2) is 8.78 Å². The number of amides is 1. The van der Waals surface area contributed by atoms with Crippen LogP contribution in [-0.2, 0) is 9.59 Å². The molecule has 6 nitrogen and oxygen atoms in total. The number of rotatable bonds is 9. The minimum absolute atomic E-state index is 0.181. The molecule has 40 heavy (non-hydrogen) atoms. The molecule has 1 aliphatic rings. The second kappa shape index (κ2) is 11.9.